The van der Waals surface area contributed by atoms with Gasteiger partial charge in [0.2, 0.25) is 0 Å². The summed E-state index contributed by atoms with van der Waals surface area (Å²) in [4.78, 5) is 11.7. The molecular formula is C13H14N2O2S. The topological polar surface area (TPSA) is 50.4 Å². The van der Waals surface area contributed by atoms with Gasteiger partial charge in [-0.05, 0) is 34.5 Å². The van der Waals surface area contributed by atoms with Crippen LogP contribution in [-0.4, -0.2) is 13.1 Å². The first kappa shape index (κ1) is 12.4. The lowest BCUT2D eigenvalue weighted by atomic mass is 10.3. The van der Waals surface area contributed by atoms with E-state index in [4.69, 9.17) is 4.74 Å². The molecule has 0 saturated carbocycles. The van der Waals surface area contributed by atoms with E-state index in [2.05, 4.69) is 10.6 Å². The van der Waals surface area contributed by atoms with Gasteiger partial charge < -0.3 is 15.4 Å². The van der Waals surface area contributed by atoms with Crippen molar-refractivity contribution >= 4 is 23.1 Å². The number of nitrogens with one attached hydrogen (secondary N) is 2. The monoisotopic (exact) mass is 262 g/mol. The minimum Gasteiger partial charge on any atom is -0.495 e. The van der Waals surface area contributed by atoms with Gasteiger partial charge in [0.1, 0.15) is 5.75 Å². The van der Waals surface area contributed by atoms with Gasteiger partial charge in [0.05, 0.1) is 12.8 Å². The van der Waals surface area contributed by atoms with Crippen molar-refractivity contribution in [1.29, 1.82) is 0 Å². The SMILES string of the molecule is COc1ccccc1NC(=O)NCc1ccsc1. The molecule has 1 heterocycles. The lowest BCUT2D eigenvalue weighted by molar-refractivity contribution is 0.251. The molecule has 2 aromatic rings. The summed E-state index contributed by atoms with van der Waals surface area (Å²) >= 11 is 1.61. The van der Waals surface area contributed by atoms with Crippen molar-refractivity contribution in [2.24, 2.45) is 0 Å². The van der Waals surface area contributed by atoms with Crippen LogP contribution in [0.1, 0.15) is 5.56 Å². The number of amides is 2. The van der Waals surface area contributed by atoms with Crippen LogP contribution in [0.4, 0.5) is 10.5 Å². The molecule has 0 saturated heterocycles. The van der Waals surface area contributed by atoms with Gasteiger partial charge in [0.15, 0.2) is 0 Å². The van der Waals surface area contributed by atoms with Crippen LogP contribution in [0.3, 0.4) is 0 Å². The first-order valence-electron chi connectivity index (χ1n) is 5.48. The average molecular weight is 262 g/mol. The molecule has 0 radical (unpaired) electrons. The fourth-order valence-electron chi connectivity index (χ4n) is 1.49. The maximum atomic E-state index is 11.7. The Kier molecular flexibility index (Phi) is 4.20. The van der Waals surface area contributed by atoms with Gasteiger partial charge in [-0.25, -0.2) is 4.79 Å². The van der Waals surface area contributed by atoms with Crippen LogP contribution >= 0.6 is 11.3 Å². The summed E-state index contributed by atoms with van der Waals surface area (Å²) in [5.74, 6) is 0.642. The second kappa shape index (κ2) is 6.07. The number of anilines is 1. The Hall–Kier alpha value is -2.01. The molecule has 5 heteroatoms. The summed E-state index contributed by atoms with van der Waals surface area (Å²) in [6.45, 7) is 0.518. The minimum atomic E-state index is -0.245. The highest BCUT2D eigenvalue weighted by Crippen LogP contribution is 2.22. The maximum Gasteiger partial charge on any atom is 0.319 e. The number of hydrogen-bond donors (Lipinski definition) is 2. The van der Waals surface area contributed by atoms with Crippen LogP contribution in [0.5, 0.6) is 5.75 Å². The summed E-state index contributed by atoms with van der Waals surface area (Å²) in [5.41, 5.74) is 1.75. The van der Waals surface area contributed by atoms with E-state index in [1.54, 1.807) is 30.6 Å². The van der Waals surface area contributed by atoms with E-state index >= 15 is 0 Å². The van der Waals surface area contributed by atoms with Crippen LogP contribution in [0.25, 0.3) is 0 Å². The molecule has 0 aliphatic heterocycles. The van der Waals surface area contributed by atoms with Gasteiger partial charge in [-0.2, -0.15) is 11.3 Å². The van der Waals surface area contributed by atoms with E-state index in [1.807, 2.05) is 29.0 Å². The van der Waals surface area contributed by atoms with E-state index in [0.717, 1.165) is 5.56 Å². The van der Waals surface area contributed by atoms with E-state index < -0.39 is 0 Å². The zero-order valence-corrected chi connectivity index (χ0v) is 10.8. The Morgan fingerprint density at radius 3 is 2.89 bits per heavy atom. The lowest BCUT2D eigenvalue weighted by Gasteiger charge is -2.10. The Morgan fingerprint density at radius 2 is 2.17 bits per heavy atom. The fourth-order valence-corrected chi connectivity index (χ4v) is 2.16. The first-order chi connectivity index (χ1) is 8.79. The summed E-state index contributed by atoms with van der Waals surface area (Å²) < 4.78 is 5.16. The third-order valence-electron chi connectivity index (χ3n) is 2.39. The normalized spacial score (nSPS) is 9.83. The molecule has 0 atom stereocenters. The number of rotatable bonds is 4. The molecule has 2 N–H and O–H groups in total. The van der Waals surface area contributed by atoms with Crippen molar-refractivity contribution < 1.29 is 9.53 Å². The number of urea groups is 1. The van der Waals surface area contributed by atoms with E-state index in [-0.39, 0.29) is 6.03 Å². The smallest absolute Gasteiger partial charge is 0.319 e. The average Bonchev–Trinajstić information content (AvgIpc) is 2.90. The highest BCUT2D eigenvalue weighted by molar-refractivity contribution is 7.07. The second-order valence-electron chi connectivity index (χ2n) is 3.64. The van der Waals surface area contributed by atoms with Gasteiger partial charge in [-0.3, -0.25) is 0 Å². The number of carbonyl (C=O) groups excluding carboxylic acids is 1. The van der Waals surface area contributed by atoms with E-state index in [0.29, 0.717) is 18.0 Å². The van der Waals surface area contributed by atoms with Crippen molar-refractivity contribution in [2.45, 2.75) is 6.54 Å². The standard InChI is InChI=1S/C13H14N2O2S/c1-17-12-5-3-2-4-11(12)15-13(16)14-8-10-6-7-18-9-10/h2-7,9H,8H2,1H3,(H2,14,15,16). The molecule has 18 heavy (non-hydrogen) atoms. The van der Waals surface area contributed by atoms with Crippen LogP contribution in [-0.2, 0) is 6.54 Å². The quantitative estimate of drug-likeness (QED) is 0.889. The van der Waals surface area contributed by atoms with Crippen LogP contribution in [0, 0.1) is 0 Å². The van der Waals surface area contributed by atoms with Gasteiger partial charge in [-0.1, -0.05) is 12.1 Å². The highest BCUT2D eigenvalue weighted by Gasteiger charge is 2.05. The molecule has 1 aromatic heterocycles. The second-order valence-corrected chi connectivity index (χ2v) is 4.42. The predicted octanol–water partition coefficient (Wildman–Crippen LogP) is 3.08. The zero-order valence-electron chi connectivity index (χ0n) is 9.97. The van der Waals surface area contributed by atoms with Gasteiger partial charge in [0, 0.05) is 6.54 Å². The molecule has 0 fully saturated rings. The van der Waals surface area contributed by atoms with E-state index in [9.17, 15) is 4.79 Å². The summed E-state index contributed by atoms with van der Waals surface area (Å²) in [6.07, 6.45) is 0. The number of benzene rings is 1. The molecule has 0 spiro atoms. The molecule has 0 bridgehead atoms. The predicted molar refractivity (Wildman–Crippen MR) is 73.2 cm³/mol. The van der Waals surface area contributed by atoms with Crippen LogP contribution in [0.15, 0.2) is 41.1 Å². The van der Waals surface area contributed by atoms with Crippen molar-refractivity contribution in [1.82, 2.24) is 5.32 Å². The summed E-state index contributed by atoms with van der Waals surface area (Å²) in [6, 6.07) is 9.03. The number of hydrogen-bond acceptors (Lipinski definition) is 3. The van der Waals surface area contributed by atoms with Crippen molar-refractivity contribution in [2.75, 3.05) is 12.4 Å². The van der Waals surface area contributed by atoms with Crippen LogP contribution < -0.4 is 15.4 Å². The largest absolute Gasteiger partial charge is 0.495 e. The number of ether oxygens (including phenoxy) is 1. The van der Waals surface area contributed by atoms with Crippen molar-refractivity contribution in [3.05, 3.63) is 46.7 Å². The van der Waals surface area contributed by atoms with Crippen LogP contribution in [0.2, 0.25) is 0 Å². The highest BCUT2D eigenvalue weighted by atomic mass is 32.1. The van der Waals surface area contributed by atoms with Crippen molar-refractivity contribution in [3.8, 4) is 5.75 Å². The Labute approximate surface area is 110 Å². The van der Waals surface area contributed by atoms with E-state index in [1.165, 1.54) is 0 Å². The number of methoxy groups -OCH3 is 1. The van der Waals surface area contributed by atoms with Gasteiger partial charge >= 0.3 is 6.03 Å². The zero-order chi connectivity index (χ0) is 12.8. The van der Waals surface area contributed by atoms with Gasteiger partial charge in [-0.15, -0.1) is 0 Å². The third kappa shape index (κ3) is 3.24. The fraction of sp³-hybridized carbons (Fsp3) is 0.154. The Balaban J connectivity index is 1.90. The lowest BCUT2D eigenvalue weighted by Crippen LogP contribution is -2.28. The first-order valence-corrected chi connectivity index (χ1v) is 6.43. The number of para-hydroxylation sites is 2. The Morgan fingerprint density at radius 1 is 1.33 bits per heavy atom. The maximum absolute atomic E-state index is 11.7. The third-order valence-corrected chi connectivity index (χ3v) is 3.12. The minimum absolute atomic E-state index is 0.245. The summed E-state index contributed by atoms with van der Waals surface area (Å²) in [7, 11) is 1.57. The molecule has 0 aliphatic carbocycles. The molecule has 2 amide bonds. The molecule has 94 valence electrons. The molecule has 2 rings (SSSR count). The number of carbonyl (C=O) groups is 1. The molecular weight excluding hydrogens is 248 g/mol. The van der Waals surface area contributed by atoms with Crippen molar-refractivity contribution in [3.63, 3.8) is 0 Å². The molecule has 0 unspecified atom stereocenters. The Bertz CT molecular complexity index is 511. The summed E-state index contributed by atoms with van der Waals surface area (Å²) in [5, 5.41) is 9.52. The van der Waals surface area contributed by atoms with Gasteiger partial charge in [0.25, 0.3) is 0 Å². The molecule has 0 aliphatic rings. The number of thiophene rings is 1. The molecule has 4 nitrogen and oxygen atoms in total. The molecule has 1 aromatic carbocycles.